The Morgan fingerprint density at radius 2 is 1.97 bits per heavy atom. The zero-order valence-electron chi connectivity index (χ0n) is 16.3. The molecule has 0 saturated heterocycles. The molecule has 8 nitrogen and oxygen atoms in total. The number of rotatable bonds is 4. The second-order valence-electron chi connectivity index (χ2n) is 7.08. The number of aryl methyl sites for hydroxylation is 1. The van der Waals surface area contributed by atoms with Gasteiger partial charge >= 0.3 is 5.69 Å². The van der Waals surface area contributed by atoms with Crippen LogP contribution in [0.1, 0.15) is 24.2 Å². The number of fused-ring (bicyclic) bond motifs is 2. The Bertz CT molecular complexity index is 1430. The van der Waals surface area contributed by atoms with Gasteiger partial charge in [-0.3, -0.25) is 4.57 Å². The minimum atomic E-state index is -0.282. The normalized spacial score (nSPS) is 12.5. The van der Waals surface area contributed by atoms with E-state index in [1.807, 2.05) is 56.4 Å². The van der Waals surface area contributed by atoms with Crippen LogP contribution in [0.3, 0.4) is 0 Å². The minimum Gasteiger partial charge on any atom is -0.361 e. The first-order chi connectivity index (χ1) is 14.5. The Hall–Kier alpha value is -3.65. The molecule has 5 aromatic rings. The maximum Gasteiger partial charge on any atom is 0.339 e. The van der Waals surface area contributed by atoms with E-state index in [0.717, 1.165) is 28.0 Å². The highest BCUT2D eigenvalue weighted by Crippen LogP contribution is 2.27. The molecule has 0 bridgehead atoms. The van der Waals surface area contributed by atoms with Crippen molar-refractivity contribution in [3.63, 3.8) is 0 Å². The van der Waals surface area contributed by atoms with Gasteiger partial charge in [0, 0.05) is 12.3 Å². The van der Waals surface area contributed by atoms with Crippen molar-refractivity contribution >= 4 is 34.1 Å². The van der Waals surface area contributed by atoms with Crippen LogP contribution in [0.25, 0.3) is 22.4 Å². The van der Waals surface area contributed by atoms with Gasteiger partial charge in [0.15, 0.2) is 0 Å². The third kappa shape index (κ3) is 2.84. The Morgan fingerprint density at radius 1 is 1.17 bits per heavy atom. The number of H-pyrrole nitrogens is 1. The SMILES string of the molecule is Cc1c[nH]c2ncnc(NC(C)c3cc4ncc(Cl)n4c(=O)n3-c3ccccc3)c12. The maximum atomic E-state index is 13.4. The van der Waals surface area contributed by atoms with E-state index in [0.29, 0.717) is 11.5 Å². The number of hydrogen-bond acceptors (Lipinski definition) is 5. The number of nitrogens with zero attached hydrogens (tertiary/aromatic N) is 5. The molecule has 0 spiro atoms. The molecule has 0 fully saturated rings. The molecule has 150 valence electrons. The molecule has 5 rings (SSSR count). The molecular weight excluding hydrogens is 402 g/mol. The average molecular weight is 420 g/mol. The first kappa shape index (κ1) is 18.4. The fourth-order valence-corrected chi connectivity index (χ4v) is 3.91. The Labute approximate surface area is 176 Å². The van der Waals surface area contributed by atoms with Crippen LogP contribution in [0.2, 0.25) is 5.15 Å². The van der Waals surface area contributed by atoms with E-state index in [4.69, 9.17) is 11.6 Å². The zero-order chi connectivity index (χ0) is 20.8. The number of halogens is 1. The molecule has 4 aromatic heterocycles. The predicted octanol–water partition coefficient (Wildman–Crippen LogP) is 3.89. The van der Waals surface area contributed by atoms with Crippen molar-refractivity contribution in [1.82, 2.24) is 28.9 Å². The second-order valence-corrected chi connectivity index (χ2v) is 7.47. The molecule has 1 atom stereocenters. The molecule has 0 aliphatic heterocycles. The first-order valence-electron chi connectivity index (χ1n) is 9.44. The lowest BCUT2D eigenvalue weighted by Gasteiger charge is -2.21. The molecule has 0 radical (unpaired) electrons. The summed E-state index contributed by atoms with van der Waals surface area (Å²) in [5, 5.41) is 4.63. The van der Waals surface area contributed by atoms with Crippen molar-refractivity contribution in [2.24, 2.45) is 0 Å². The number of imidazole rings is 1. The molecule has 4 heterocycles. The zero-order valence-corrected chi connectivity index (χ0v) is 17.1. The summed E-state index contributed by atoms with van der Waals surface area (Å²) in [6, 6.07) is 11.1. The lowest BCUT2D eigenvalue weighted by Crippen LogP contribution is -2.30. The van der Waals surface area contributed by atoms with Gasteiger partial charge in [0.2, 0.25) is 0 Å². The van der Waals surface area contributed by atoms with E-state index in [2.05, 4.69) is 25.3 Å². The molecule has 0 amide bonds. The van der Waals surface area contributed by atoms with Crippen LogP contribution in [-0.2, 0) is 0 Å². The van der Waals surface area contributed by atoms with E-state index in [1.54, 1.807) is 4.57 Å². The lowest BCUT2D eigenvalue weighted by molar-refractivity contribution is 0.739. The molecule has 1 aromatic carbocycles. The van der Waals surface area contributed by atoms with Gasteiger partial charge in [0.05, 0.1) is 29.0 Å². The number of aromatic amines is 1. The molecule has 9 heteroatoms. The largest absolute Gasteiger partial charge is 0.361 e. The standard InChI is InChI=1S/C21H18ClN7O/c1-12-9-24-19-18(12)20(26-11-25-19)27-13(2)15-8-17-23-10-16(22)29(17)21(30)28(15)14-6-4-3-5-7-14/h3-11,13H,1-2H3,(H2,24,25,26,27). The molecule has 30 heavy (non-hydrogen) atoms. The van der Waals surface area contributed by atoms with E-state index in [1.165, 1.54) is 16.9 Å². The fraction of sp³-hybridized carbons (Fsp3) is 0.143. The molecule has 2 N–H and O–H groups in total. The van der Waals surface area contributed by atoms with Gasteiger partial charge in [-0.15, -0.1) is 0 Å². The molecule has 0 aliphatic carbocycles. The van der Waals surface area contributed by atoms with Gasteiger partial charge < -0.3 is 10.3 Å². The maximum absolute atomic E-state index is 13.4. The number of nitrogens with one attached hydrogen (secondary N) is 2. The van der Waals surface area contributed by atoms with Gasteiger partial charge in [0.25, 0.3) is 0 Å². The summed E-state index contributed by atoms with van der Waals surface area (Å²) in [7, 11) is 0. The molecule has 0 aliphatic rings. The minimum absolute atomic E-state index is 0.259. The number of benzene rings is 1. The van der Waals surface area contributed by atoms with Gasteiger partial charge in [0.1, 0.15) is 28.6 Å². The van der Waals surface area contributed by atoms with Crippen molar-refractivity contribution in [1.29, 1.82) is 0 Å². The van der Waals surface area contributed by atoms with Crippen molar-refractivity contribution in [3.8, 4) is 5.69 Å². The van der Waals surface area contributed by atoms with E-state index in [9.17, 15) is 4.79 Å². The summed E-state index contributed by atoms with van der Waals surface area (Å²) < 4.78 is 3.03. The summed E-state index contributed by atoms with van der Waals surface area (Å²) in [6.45, 7) is 3.97. The van der Waals surface area contributed by atoms with Gasteiger partial charge in [-0.05, 0) is 31.5 Å². The first-order valence-corrected chi connectivity index (χ1v) is 9.82. The van der Waals surface area contributed by atoms with Gasteiger partial charge in [-0.25, -0.2) is 24.1 Å². The van der Waals surface area contributed by atoms with Crippen LogP contribution >= 0.6 is 11.6 Å². The monoisotopic (exact) mass is 419 g/mol. The van der Waals surface area contributed by atoms with Crippen LogP contribution in [-0.4, -0.2) is 28.9 Å². The second kappa shape index (κ2) is 7.00. The molecule has 1 unspecified atom stereocenters. The number of anilines is 1. The quantitative estimate of drug-likeness (QED) is 0.461. The van der Waals surface area contributed by atoms with E-state index in [-0.39, 0.29) is 16.9 Å². The van der Waals surface area contributed by atoms with E-state index < -0.39 is 0 Å². The van der Waals surface area contributed by atoms with Crippen molar-refractivity contribution in [2.75, 3.05) is 5.32 Å². The summed E-state index contributed by atoms with van der Waals surface area (Å²) in [5.41, 5.74) is 3.48. The highest BCUT2D eigenvalue weighted by atomic mass is 35.5. The highest BCUT2D eigenvalue weighted by Gasteiger charge is 2.20. The van der Waals surface area contributed by atoms with Crippen molar-refractivity contribution in [2.45, 2.75) is 19.9 Å². The van der Waals surface area contributed by atoms with Crippen LogP contribution < -0.4 is 11.0 Å². The number of aromatic nitrogens is 6. The van der Waals surface area contributed by atoms with Crippen LogP contribution in [0, 0.1) is 6.92 Å². The van der Waals surface area contributed by atoms with Crippen molar-refractivity contribution < 1.29 is 0 Å². The Balaban J connectivity index is 1.69. The van der Waals surface area contributed by atoms with E-state index >= 15 is 0 Å². The van der Waals surface area contributed by atoms with Crippen LogP contribution in [0.4, 0.5) is 5.82 Å². The third-order valence-electron chi connectivity index (χ3n) is 5.14. The van der Waals surface area contributed by atoms with Gasteiger partial charge in [-0.2, -0.15) is 0 Å². The van der Waals surface area contributed by atoms with Gasteiger partial charge in [-0.1, -0.05) is 29.8 Å². The van der Waals surface area contributed by atoms with Crippen molar-refractivity contribution in [3.05, 3.63) is 82.0 Å². The Morgan fingerprint density at radius 3 is 2.77 bits per heavy atom. The molecular formula is C21H18ClN7O. The average Bonchev–Trinajstić information content (AvgIpc) is 3.32. The summed E-state index contributed by atoms with van der Waals surface area (Å²) in [5.74, 6) is 0.694. The summed E-state index contributed by atoms with van der Waals surface area (Å²) in [6.07, 6.45) is 4.88. The van der Waals surface area contributed by atoms with Crippen LogP contribution in [0.5, 0.6) is 0 Å². The number of hydrogen-bond donors (Lipinski definition) is 2. The smallest absolute Gasteiger partial charge is 0.339 e. The predicted molar refractivity (Wildman–Crippen MR) is 116 cm³/mol. The summed E-state index contributed by atoms with van der Waals surface area (Å²) >= 11 is 6.22. The lowest BCUT2D eigenvalue weighted by atomic mass is 10.1. The number of para-hydroxylation sites is 1. The highest BCUT2D eigenvalue weighted by molar-refractivity contribution is 6.29. The molecule has 0 saturated carbocycles. The topological polar surface area (TPSA) is 92.9 Å². The fourth-order valence-electron chi connectivity index (χ4n) is 3.70. The van der Waals surface area contributed by atoms with Crippen LogP contribution in [0.15, 0.2) is 59.9 Å². The third-order valence-corrected chi connectivity index (χ3v) is 5.41. The Kier molecular flexibility index (Phi) is 4.29. The summed E-state index contributed by atoms with van der Waals surface area (Å²) in [4.78, 5) is 29.5.